The van der Waals surface area contributed by atoms with Gasteiger partial charge in [0, 0.05) is 6.04 Å². The Kier molecular flexibility index (Phi) is 6.75. The molecular weight excluding hydrogens is 242 g/mol. The lowest BCUT2D eigenvalue weighted by Gasteiger charge is -2.31. The topological polar surface area (TPSA) is 12.0 Å². The second-order valence-electron chi connectivity index (χ2n) is 7.19. The number of rotatable bonds is 7. The summed E-state index contributed by atoms with van der Waals surface area (Å²) in [6, 6.07) is 9.68. The lowest BCUT2D eigenvalue weighted by molar-refractivity contribution is 0.226. The van der Waals surface area contributed by atoms with Crippen molar-refractivity contribution in [2.24, 2.45) is 11.3 Å². The van der Waals surface area contributed by atoms with Crippen molar-refractivity contribution in [3.63, 3.8) is 0 Å². The van der Waals surface area contributed by atoms with Crippen LogP contribution in [-0.2, 0) is 6.42 Å². The fraction of sp³-hybridized carbons (Fsp3) is 0.684. The maximum Gasteiger partial charge on any atom is 0.0320 e. The van der Waals surface area contributed by atoms with Gasteiger partial charge < -0.3 is 5.32 Å². The van der Waals surface area contributed by atoms with E-state index in [0.717, 1.165) is 0 Å². The molecule has 0 spiro atoms. The van der Waals surface area contributed by atoms with Crippen molar-refractivity contribution in [1.29, 1.82) is 0 Å². The van der Waals surface area contributed by atoms with Crippen LogP contribution in [-0.4, -0.2) is 7.05 Å². The SMILES string of the molecule is CCCCc1ccc(C(CC(C)C(C)(C)C)NC)cc1. The number of benzene rings is 1. The predicted octanol–water partition coefficient (Wildman–Crippen LogP) is 5.36. The summed E-state index contributed by atoms with van der Waals surface area (Å²) in [4.78, 5) is 0. The first-order chi connectivity index (χ1) is 9.38. The molecule has 2 unspecified atom stereocenters. The molecule has 0 aliphatic rings. The van der Waals surface area contributed by atoms with E-state index >= 15 is 0 Å². The van der Waals surface area contributed by atoms with E-state index in [-0.39, 0.29) is 0 Å². The Labute approximate surface area is 126 Å². The summed E-state index contributed by atoms with van der Waals surface area (Å²) < 4.78 is 0. The van der Waals surface area contributed by atoms with Crippen molar-refractivity contribution in [2.75, 3.05) is 7.05 Å². The van der Waals surface area contributed by atoms with E-state index < -0.39 is 0 Å². The van der Waals surface area contributed by atoms with E-state index in [2.05, 4.69) is 71.2 Å². The summed E-state index contributed by atoms with van der Waals surface area (Å²) >= 11 is 0. The molecule has 0 saturated carbocycles. The predicted molar refractivity (Wildman–Crippen MR) is 90.1 cm³/mol. The minimum absolute atomic E-state index is 0.371. The Hall–Kier alpha value is -0.820. The van der Waals surface area contributed by atoms with Gasteiger partial charge >= 0.3 is 0 Å². The molecule has 114 valence electrons. The van der Waals surface area contributed by atoms with Crippen molar-refractivity contribution >= 4 is 0 Å². The maximum atomic E-state index is 3.48. The third-order valence-corrected chi connectivity index (χ3v) is 4.62. The summed E-state index contributed by atoms with van der Waals surface area (Å²) in [6.45, 7) is 11.6. The van der Waals surface area contributed by atoms with Crippen LogP contribution in [0.1, 0.15) is 71.0 Å². The fourth-order valence-corrected chi connectivity index (χ4v) is 2.43. The van der Waals surface area contributed by atoms with E-state index in [1.165, 1.54) is 36.8 Å². The first-order valence-electron chi connectivity index (χ1n) is 8.14. The van der Waals surface area contributed by atoms with E-state index in [1.807, 2.05) is 0 Å². The molecule has 0 aromatic heterocycles. The molecule has 1 N–H and O–H groups in total. The van der Waals surface area contributed by atoms with Crippen LogP contribution in [0.2, 0.25) is 0 Å². The third-order valence-electron chi connectivity index (χ3n) is 4.62. The van der Waals surface area contributed by atoms with Gasteiger partial charge in [0.1, 0.15) is 0 Å². The molecule has 0 fully saturated rings. The number of hydrogen-bond acceptors (Lipinski definition) is 1. The van der Waals surface area contributed by atoms with Crippen LogP contribution in [0.25, 0.3) is 0 Å². The molecule has 1 aromatic carbocycles. The maximum absolute atomic E-state index is 3.48. The molecule has 1 heteroatoms. The molecule has 0 radical (unpaired) electrons. The largest absolute Gasteiger partial charge is 0.313 e. The molecule has 2 atom stereocenters. The van der Waals surface area contributed by atoms with E-state index in [0.29, 0.717) is 17.4 Å². The van der Waals surface area contributed by atoms with Gasteiger partial charge in [-0.3, -0.25) is 0 Å². The zero-order chi connectivity index (χ0) is 15.2. The van der Waals surface area contributed by atoms with Crippen molar-refractivity contribution in [3.8, 4) is 0 Å². The molecular formula is C19H33N. The highest BCUT2D eigenvalue weighted by atomic mass is 14.9. The summed E-state index contributed by atoms with van der Waals surface area (Å²) in [5.74, 6) is 0.694. The number of nitrogens with one attached hydrogen (secondary N) is 1. The van der Waals surface area contributed by atoms with Gasteiger partial charge in [0.05, 0.1) is 0 Å². The smallest absolute Gasteiger partial charge is 0.0320 e. The summed E-state index contributed by atoms with van der Waals surface area (Å²) in [6.07, 6.45) is 4.95. The lowest BCUT2D eigenvalue weighted by atomic mass is 9.77. The number of unbranched alkanes of at least 4 members (excludes halogenated alkanes) is 1. The van der Waals surface area contributed by atoms with Crippen molar-refractivity contribution in [2.45, 2.75) is 66.3 Å². The van der Waals surface area contributed by atoms with E-state index in [9.17, 15) is 0 Å². The lowest BCUT2D eigenvalue weighted by Crippen LogP contribution is -2.25. The molecule has 0 bridgehead atoms. The van der Waals surface area contributed by atoms with Crippen LogP contribution >= 0.6 is 0 Å². The fourth-order valence-electron chi connectivity index (χ4n) is 2.43. The van der Waals surface area contributed by atoms with Gasteiger partial charge in [-0.05, 0) is 48.8 Å². The molecule has 1 aromatic rings. The van der Waals surface area contributed by atoms with Crippen LogP contribution in [0.15, 0.2) is 24.3 Å². The zero-order valence-corrected chi connectivity index (χ0v) is 14.3. The average Bonchev–Trinajstić information content (AvgIpc) is 2.42. The molecule has 20 heavy (non-hydrogen) atoms. The van der Waals surface area contributed by atoms with Crippen molar-refractivity contribution in [3.05, 3.63) is 35.4 Å². The second kappa shape index (κ2) is 7.83. The standard InChI is InChI=1S/C19H33N/c1-7-8-9-16-10-12-17(13-11-16)18(20-6)14-15(2)19(3,4)5/h10-13,15,18,20H,7-9,14H2,1-6H3. The molecule has 0 aliphatic heterocycles. The Balaban J connectivity index is 2.70. The summed E-state index contributed by atoms with van der Waals surface area (Å²) in [5.41, 5.74) is 3.26. The minimum atomic E-state index is 0.371. The Bertz CT molecular complexity index is 372. The second-order valence-corrected chi connectivity index (χ2v) is 7.19. The van der Waals surface area contributed by atoms with Crippen molar-refractivity contribution in [1.82, 2.24) is 5.32 Å². The van der Waals surface area contributed by atoms with Crippen LogP contribution in [0.3, 0.4) is 0 Å². The van der Waals surface area contributed by atoms with Gasteiger partial charge in [0.2, 0.25) is 0 Å². The normalized spacial score (nSPS) is 15.1. The quantitative estimate of drug-likeness (QED) is 0.706. The highest BCUT2D eigenvalue weighted by Crippen LogP contribution is 2.33. The average molecular weight is 275 g/mol. The Morgan fingerprint density at radius 2 is 1.70 bits per heavy atom. The van der Waals surface area contributed by atoms with Crippen LogP contribution < -0.4 is 5.32 Å². The Morgan fingerprint density at radius 3 is 2.15 bits per heavy atom. The highest BCUT2D eigenvalue weighted by molar-refractivity contribution is 5.25. The first-order valence-corrected chi connectivity index (χ1v) is 8.14. The van der Waals surface area contributed by atoms with Gasteiger partial charge in [0.15, 0.2) is 0 Å². The molecule has 0 saturated heterocycles. The Morgan fingerprint density at radius 1 is 1.10 bits per heavy atom. The molecule has 1 rings (SSSR count). The van der Waals surface area contributed by atoms with E-state index in [1.54, 1.807) is 0 Å². The first kappa shape index (κ1) is 17.2. The van der Waals surface area contributed by atoms with Gasteiger partial charge in [-0.15, -0.1) is 0 Å². The summed E-state index contributed by atoms with van der Waals surface area (Å²) in [7, 11) is 2.07. The monoisotopic (exact) mass is 275 g/mol. The van der Waals surface area contributed by atoms with Crippen LogP contribution in [0, 0.1) is 11.3 Å². The third kappa shape index (κ3) is 5.28. The molecule has 0 amide bonds. The van der Waals surface area contributed by atoms with Gasteiger partial charge in [-0.1, -0.05) is 65.3 Å². The number of aryl methyl sites for hydroxylation is 1. The van der Waals surface area contributed by atoms with Gasteiger partial charge in [-0.2, -0.15) is 0 Å². The van der Waals surface area contributed by atoms with E-state index in [4.69, 9.17) is 0 Å². The molecule has 0 heterocycles. The van der Waals surface area contributed by atoms with Crippen LogP contribution in [0.5, 0.6) is 0 Å². The zero-order valence-electron chi connectivity index (χ0n) is 14.3. The van der Waals surface area contributed by atoms with Gasteiger partial charge in [-0.25, -0.2) is 0 Å². The van der Waals surface area contributed by atoms with Crippen molar-refractivity contribution < 1.29 is 0 Å². The summed E-state index contributed by atoms with van der Waals surface area (Å²) in [5, 5.41) is 3.48. The van der Waals surface area contributed by atoms with Crippen LogP contribution in [0.4, 0.5) is 0 Å². The minimum Gasteiger partial charge on any atom is -0.313 e. The molecule has 1 nitrogen and oxygen atoms in total. The number of hydrogen-bond donors (Lipinski definition) is 1. The highest BCUT2D eigenvalue weighted by Gasteiger charge is 2.23. The molecule has 0 aliphatic carbocycles. The van der Waals surface area contributed by atoms with Gasteiger partial charge in [0.25, 0.3) is 0 Å².